The number of guanidine groups is 1. The molecule has 0 bridgehead atoms. The Balaban J connectivity index is 0.00000176. The highest BCUT2D eigenvalue weighted by Gasteiger charge is 2.10. The lowest BCUT2D eigenvalue weighted by atomic mass is 10.1. The van der Waals surface area contributed by atoms with Crippen LogP contribution in [0.15, 0.2) is 47.5 Å². The monoisotopic (exact) mass is 409 g/mol. The number of hydrogen-bond donors (Lipinski definition) is 3. The minimum Gasteiger partial charge on any atom is -0.508 e. The Kier molecular flexibility index (Phi) is 5.65. The number of phenols is 1. The van der Waals surface area contributed by atoms with Crippen LogP contribution in [0.3, 0.4) is 0 Å². The predicted molar refractivity (Wildman–Crippen MR) is 101 cm³/mol. The van der Waals surface area contributed by atoms with Gasteiger partial charge in [-0.15, -0.1) is 24.0 Å². The van der Waals surface area contributed by atoms with Crippen LogP contribution >= 0.6 is 24.0 Å². The van der Waals surface area contributed by atoms with Gasteiger partial charge in [-0.05, 0) is 60.2 Å². The van der Waals surface area contributed by atoms with Crippen LogP contribution in [0.5, 0.6) is 5.75 Å². The first-order chi connectivity index (χ1) is 10.2. The maximum absolute atomic E-state index is 9.41. The summed E-state index contributed by atoms with van der Waals surface area (Å²) in [6.45, 7) is 0.443. The Morgan fingerprint density at radius 3 is 2.77 bits per heavy atom. The number of phenolic OH excluding ortho intramolecular Hbond substituents is 1. The van der Waals surface area contributed by atoms with Crippen molar-refractivity contribution in [2.24, 2.45) is 10.7 Å². The van der Waals surface area contributed by atoms with E-state index in [2.05, 4.69) is 22.4 Å². The summed E-state index contributed by atoms with van der Waals surface area (Å²) in [5.41, 5.74) is 10.7. The van der Waals surface area contributed by atoms with Crippen molar-refractivity contribution >= 4 is 35.6 Å². The molecule has 3 rings (SSSR count). The molecule has 0 amide bonds. The molecule has 0 aliphatic heterocycles. The molecule has 22 heavy (non-hydrogen) atoms. The van der Waals surface area contributed by atoms with Crippen molar-refractivity contribution in [1.82, 2.24) is 0 Å². The molecule has 0 atom stereocenters. The Labute approximate surface area is 147 Å². The number of nitrogens with two attached hydrogens (primary N) is 1. The van der Waals surface area contributed by atoms with E-state index in [1.807, 2.05) is 12.1 Å². The number of nitrogens with zero attached hydrogens (tertiary/aromatic N) is 1. The summed E-state index contributed by atoms with van der Waals surface area (Å²) in [5.74, 6) is 0.629. The Hall–Kier alpha value is -1.76. The third-order valence-electron chi connectivity index (χ3n) is 3.71. The van der Waals surface area contributed by atoms with Crippen LogP contribution in [0.4, 0.5) is 5.69 Å². The number of aliphatic imine (C=N–C) groups is 1. The van der Waals surface area contributed by atoms with Crippen molar-refractivity contribution in [1.29, 1.82) is 0 Å². The minimum absolute atomic E-state index is 0. The molecule has 0 unspecified atom stereocenters. The molecule has 0 fully saturated rings. The third kappa shape index (κ3) is 4.13. The van der Waals surface area contributed by atoms with Gasteiger partial charge in [0.2, 0.25) is 0 Å². The number of rotatable bonds is 3. The lowest BCUT2D eigenvalue weighted by Crippen LogP contribution is -2.22. The average molecular weight is 409 g/mol. The number of hydrogen-bond acceptors (Lipinski definition) is 2. The first kappa shape index (κ1) is 16.6. The molecule has 0 spiro atoms. The van der Waals surface area contributed by atoms with Gasteiger partial charge >= 0.3 is 0 Å². The normalized spacial score (nSPS) is 13.4. The van der Waals surface area contributed by atoms with Gasteiger partial charge in [0.1, 0.15) is 5.75 Å². The third-order valence-corrected chi connectivity index (χ3v) is 3.71. The lowest BCUT2D eigenvalue weighted by Gasteiger charge is -2.08. The fraction of sp³-hybridized carbons (Fsp3) is 0.235. The fourth-order valence-electron chi connectivity index (χ4n) is 2.67. The van der Waals surface area contributed by atoms with Crippen LogP contribution in [0.2, 0.25) is 0 Å². The highest BCUT2D eigenvalue weighted by atomic mass is 127. The molecule has 0 radical (unpaired) electrons. The summed E-state index contributed by atoms with van der Waals surface area (Å²) in [4.78, 5) is 4.30. The molecule has 1 aliphatic rings. The van der Waals surface area contributed by atoms with E-state index in [1.165, 1.54) is 24.0 Å². The van der Waals surface area contributed by atoms with Gasteiger partial charge in [0.15, 0.2) is 5.96 Å². The van der Waals surface area contributed by atoms with Gasteiger partial charge in [-0.25, -0.2) is 4.99 Å². The lowest BCUT2D eigenvalue weighted by molar-refractivity contribution is 0.474. The van der Waals surface area contributed by atoms with Gasteiger partial charge < -0.3 is 16.2 Å². The largest absolute Gasteiger partial charge is 0.508 e. The van der Waals surface area contributed by atoms with E-state index in [9.17, 15) is 5.11 Å². The van der Waals surface area contributed by atoms with E-state index >= 15 is 0 Å². The summed E-state index contributed by atoms with van der Waals surface area (Å²) in [6.07, 6.45) is 3.56. The standard InChI is InChI=1S/C17H19N3O.HI/c18-17(19-11-12-3-1-6-16(21)9-12)20-15-8-7-13-4-2-5-14(13)10-15;/h1,3,6-10,21H,2,4-5,11H2,(H3,18,19,20);1H. The highest BCUT2D eigenvalue weighted by Crippen LogP contribution is 2.24. The summed E-state index contributed by atoms with van der Waals surface area (Å²) in [6, 6.07) is 13.4. The van der Waals surface area contributed by atoms with E-state index in [-0.39, 0.29) is 29.7 Å². The van der Waals surface area contributed by atoms with Gasteiger partial charge in [0.05, 0.1) is 6.54 Å². The van der Waals surface area contributed by atoms with E-state index in [4.69, 9.17) is 5.73 Å². The van der Waals surface area contributed by atoms with Crippen molar-refractivity contribution in [3.63, 3.8) is 0 Å². The van der Waals surface area contributed by atoms with Crippen molar-refractivity contribution in [2.75, 3.05) is 5.32 Å². The molecule has 5 heteroatoms. The van der Waals surface area contributed by atoms with Gasteiger partial charge in [-0.3, -0.25) is 0 Å². The first-order valence-corrected chi connectivity index (χ1v) is 7.17. The SMILES string of the molecule is I.NC(=NCc1cccc(O)c1)Nc1ccc2c(c1)CCC2. The Morgan fingerprint density at radius 2 is 1.95 bits per heavy atom. The van der Waals surface area contributed by atoms with Crippen LogP contribution in [0, 0.1) is 0 Å². The maximum Gasteiger partial charge on any atom is 0.193 e. The number of benzene rings is 2. The van der Waals surface area contributed by atoms with Crippen molar-refractivity contribution < 1.29 is 5.11 Å². The molecule has 4 nitrogen and oxygen atoms in total. The molecule has 0 saturated carbocycles. The summed E-state index contributed by atoms with van der Waals surface area (Å²) in [5, 5.41) is 12.5. The zero-order valence-electron chi connectivity index (χ0n) is 12.2. The maximum atomic E-state index is 9.41. The topological polar surface area (TPSA) is 70.6 Å². The molecule has 116 valence electrons. The molecule has 2 aromatic rings. The number of aromatic hydroxyl groups is 1. The van der Waals surface area contributed by atoms with E-state index in [1.54, 1.807) is 18.2 Å². The number of anilines is 1. The van der Waals surface area contributed by atoms with Crippen molar-refractivity contribution in [3.05, 3.63) is 59.2 Å². The molecular weight excluding hydrogens is 389 g/mol. The van der Waals surface area contributed by atoms with Gasteiger partial charge in [-0.1, -0.05) is 18.2 Å². The molecule has 1 aliphatic carbocycles. The average Bonchev–Trinajstić information content (AvgIpc) is 2.93. The predicted octanol–water partition coefficient (Wildman–Crippen LogP) is 3.43. The molecule has 2 aromatic carbocycles. The minimum atomic E-state index is 0. The second-order valence-electron chi connectivity index (χ2n) is 5.33. The first-order valence-electron chi connectivity index (χ1n) is 7.17. The number of fused-ring (bicyclic) bond motifs is 1. The van der Waals surface area contributed by atoms with Crippen LogP contribution in [-0.2, 0) is 19.4 Å². The van der Waals surface area contributed by atoms with Gasteiger partial charge in [0.25, 0.3) is 0 Å². The highest BCUT2D eigenvalue weighted by molar-refractivity contribution is 14.0. The fourth-order valence-corrected chi connectivity index (χ4v) is 2.67. The molecular formula is C17H20IN3O. The summed E-state index contributed by atoms with van der Waals surface area (Å²) in [7, 11) is 0. The number of aryl methyl sites for hydroxylation is 2. The van der Waals surface area contributed by atoms with E-state index < -0.39 is 0 Å². The quantitative estimate of drug-likeness (QED) is 0.413. The van der Waals surface area contributed by atoms with Crippen LogP contribution in [0.1, 0.15) is 23.1 Å². The zero-order valence-corrected chi connectivity index (χ0v) is 14.6. The van der Waals surface area contributed by atoms with Crippen LogP contribution in [-0.4, -0.2) is 11.1 Å². The molecule has 4 N–H and O–H groups in total. The Bertz CT molecular complexity index is 685. The molecule has 0 aromatic heterocycles. The Morgan fingerprint density at radius 1 is 1.14 bits per heavy atom. The van der Waals surface area contributed by atoms with Gasteiger partial charge in [0, 0.05) is 5.69 Å². The van der Waals surface area contributed by atoms with Crippen LogP contribution < -0.4 is 11.1 Å². The summed E-state index contributed by atoms with van der Waals surface area (Å²) >= 11 is 0. The molecule has 0 saturated heterocycles. The smallest absolute Gasteiger partial charge is 0.193 e. The van der Waals surface area contributed by atoms with Crippen molar-refractivity contribution in [2.45, 2.75) is 25.8 Å². The summed E-state index contributed by atoms with van der Waals surface area (Å²) < 4.78 is 0. The number of halogens is 1. The van der Waals surface area contributed by atoms with Crippen LogP contribution in [0.25, 0.3) is 0 Å². The second-order valence-corrected chi connectivity index (χ2v) is 5.33. The van der Waals surface area contributed by atoms with E-state index in [0.29, 0.717) is 12.5 Å². The van der Waals surface area contributed by atoms with E-state index in [0.717, 1.165) is 17.7 Å². The van der Waals surface area contributed by atoms with Gasteiger partial charge in [-0.2, -0.15) is 0 Å². The molecule has 0 heterocycles. The number of nitrogens with one attached hydrogen (secondary N) is 1. The van der Waals surface area contributed by atoms with Crippen molar-refractivity contribution in [3.8, 4) is 5.75 Å². The second kappa shape index (κ2) is 7.49. The zero-order chi connectivity index (χ0) is 14.7.